The van der Waals surface area contributed by atoms with E-state index in [0.717, 1.165) is 24.8 Å². The summed E-state index contributed by atoms with van der Waals surface area (Å²) < 4.78 is 11.2. The SMILES string of the molecule is CC(C)(C)OC(=O)N1C(=O)/C(=C/[C@H]2COC(C)(C)C2)CC12CC2. The minimum absolute atomic E-state index is 0.133. The zero-order chi connectivity index (χ0) is 17.0. The van der Waals surface area contributed by atoms with Crippen molar-refractivity contribution in [3.8, 4) is 0 Å². The van der Waals surface area contributed by atoms with E-state index in [4.69, 9.17) is 9.47 Å². The van der Waals surface area contributed by atoms with Crippen molar-refractivity contribution in [3.05, 3.63) is 11.6 Å². The molecular weight excluding hydrogens is 294 g/mol. The molecular formula is C18H27NO4. The van der Waals surface area contributed by atoms with E-state index in [0.29, 0.717) is 13.0 Å². The van der Waals surface area contributed by atoms with Crippen LogP contribution in [0.15, 0.2) is 11.6 Å². The van der Waals surface area contributed by atoms with Gasteiger partial charge in [0, 0.05) is 17.9 Å². The third-order valence-electron chi connectivity index (χ3n) is 4.75. The maximum atomic E-state index is 12.8. The molecule has 2 saturated heterocycles. The molecule has 1 atom stereocenters. The van der Waals surface area contributed by atoms with Crippen LogP contribution < -0.4 is 0 Å². The Kier molecular flexibility index (Phi) is 3.63. The fourth-order valence-electron chi connectivity index (χ4n) is 3.60. The summed E-state index contributed by atoms with van der Waals surface area (Å²) in [4.78, 5) is 26.6. The Hall–Kier alpha value is -1.36. The summed E-state index contributed by atoms with van der Waals surface area (Å²) in [6.45, 7) is 10.2. The zero-order valence-corrected chi connectivity index (χ0v) is 14.8. The van der Waals surface area contributed by atoms with Gasteiger partial charge in [-0.15, -0.1) is 0 Å². The van der Waals surface area contributed by atoms with Crippen LogP contribution in [0.3, 0.4) is 0 Å². The van der Waals surface area contributed by atoms with Crippen molar-refractivity contribution in [2.45, 2.75) is 77.0 Å². The van der Waals surface area contributed by atoms with Gasteiger partial charge in [0.15, 0.2) is 0 Å². The number of carbonyl (C=O) groups excluding carboxylic acids is 2. The molecule has 2 heterocycles. The van der Waals surface area contributed by atoms with Crippen LogP contribution in [0.4, 0.5) is 4.79 Å². The number of amides is 2. The number of ether oxygens (including phenoxy) is 2. The predicted molar refractivity (Wildman–Crippen MR) is 85.9 cm³/mol. The van der Waals surface area contributed by atoms with Crippen molar-refractivity contribution < 1.29 is 19.1 Å². The maximum Gasteiger partial charge on any atom is 0.417 e. The van der Waals surface area contributed by atoms with Gasteiger partial charge in [0.05, 0.1) is 17.7 Å². The van der Waals surface area contributed by atoms with Gasteiger partial charge >= 0.3 is 6.09 Å². The normalized spacial score (nSPS) is 30.3. The summed E-state index contributed by atoms with van der Waals surface area (Å²) in [5.74, 6) is 0.0693. The van der Waals surface area contributed by atoms with Gasteiger partial charge in [0.2, 0.25) is 0 Å². The van der Waals surface area contributed by atoms with Crippen molar-refractivity contribution in [2.75, 3.05) is 6.61 Å². The number of nitrogens with zero attached hydrogens (tertiary/aromatic N) is 1. The highest BCUT2D eigenvalue weighted by Crippen LogP contribution is 2.52. The molecule has 0 unspecified atom stereocenters. The van der Waals surface area contributed by atoms with E-state index in [2.05, 4.69) is 13.8 Å². The average molecular weight is 321 g/mol. The molecule has 0 bridgehead atoms. The molecule has 3 aliphatic rings. The third kappa shape index (κ3) is 3.30. The first-order valence-electron chi connectivity index (χ1n) is 8.44. The van der Waals surface area contributed by atoms with E-state index in [9.17, 15) is 9.59 Å². The van der Waals surface area contributed by atoms with E-state index in [1.165, 1.54) is 4.90 Å². The Bertz CT molecular complexity index is 566. The lowest BCUT2D eigenvalue weighted by atomic mass is 9.95. The Morgan fingerprint density at radius 3 is 2.48 bits per heavy atom. The molecule has 0 radical (unpaired) electrons. The molecule has 5 heteroatoms. The van der Waals surface area contributed by atoms with Gasteiger partial charge in [0.1, 0.15) is 5.60 Å². The van der Waals surface area contributed by atoms with Gasteiger partial charge in [-0.3, -0.25) is 4.79 Å². The molecule has 1 saturated carbocycles. The second-order valence-corrected chi connectivity index (χ2v) is 8.75. The van der Waals surface area contributed by atoms with Gasteiger partial charge in [-0.25, -0.2) is 9.69 Å². The predicted octanol–water partition coefficient (Wildman–Crippen LogP) is 3.43. The minimum atomic E-state index is -0.594. The molecule has 2 amide bonds. The van der Waals surface area contributed by atoms with E-state index in [1.54, 1.807) is 0 Å². The molecule has 5 nitrogen and oxygen atoms in total. The molecule has 0 aromatic carbocycles. The molecule has 128 valence electrons. The number of imide groups is 1. The first kappa shape index (κ1) is 16.5. The van der Waals surface area contributed by atoms with Crippen LogP contribution in [0, 0.1) is 5.92 Å². The smallest absolute Gasteiger partial charge is 0.417 e. The van der Waals surface area contributed by atoms with E-state index in [1.807, 2.05) is 26.8 Å². The molecule has 23 heavy (non-hydrogen) atoms. The fourth-order valence-corrected chi connectivity index (χ4v) is 3.60. The van der Waals surface area contributed by atoms with Crippen LogP contribution in [0.2, 0.25) is 0 Å². The van der Waals surface area contributed by atoms with E-state index >= 15 is 0 Å². The Labute approximate surface area is 138 Å². The molecule has 3 rings (SSSR count). The lowest BCUT2D eigenvalue weighted by Gasteiger charge is -2.26. The van der Waals surface area contributed by atoms with E-state index < -0.39 is 11.7 Å². The summed E-state index contributed by atoms with van der Waals surface area (Å²) in [6, 6.07) is 0. The summed E-state index contributed by atoms with van der Waals surface area (Å²) in [5.41, 5.74) is -0.297. The molecule has 1 aliphatic carbocycles. The third-order valence-corrected chi connectivity index (χ3v) is 4.75. The summed E-state index contributed by atoms with van der Waals surface area (Å²) in [6.07, 6.45) is 4.84. The van der Waals surface area contributed by atoms with Gasteiger partial charge in [-0.1, -0.05) is 6.08 Å². The highest BCUT2D eigenvalue weighted by molar-refractivity contribution is 6.06. The van der Waals surface area contributed by atoms with Crippen LogP contribution in [0.1, 0.15) is 60.3 Å². The van der Waals surface area contributed by atoms with Crippen LogP contribution in [0.5, 0.6) is 0 Å². The van der Waals surface area contributed by atoms with Crippen molar-refractivity contribution >= 4 is 12.0 Å². The van der Waals surface area contributed by atoms with Crippen molar-refractivity contribution in [2.24, 2.45) is 5.92 Å². The lowest BCUT2D eigenvalue weighted by molar-refractivity contribution is -0.125. The number of carbonyl (C=O) groups is 2. The number of hydrogen-bond acceptors (Lipinski definition) is 4. The number of likely N-dealkylation sites (tertiary alicyclic amines) is 1. The molecule has 2 aliphatic heterocycles. The van der Waals surface area contributed by atoms with Gasteiger partial charge in [-0.2, -0.15) is 0 Å². The summed E-state index contributed by atoms with van der Waals surface area (Å²) in [7, 11) is 0. The maximum absolute atomic E-state index is 12.8. The quantitative estimate of drug-likeness (QED) is 0.694. The van der Waals surface area contributed by atoms with Gasteiger partial charge < -0.3 is 9.47 Å². The fraction of sp³-hybridized carbons (Fsp3) is 0.778. The number of rotatable bonds is 1. The standard InChI is InChI=1S/C18H27NO4/c1-16(2,3)23-15(21)19-14(20)13(10-18(19)6-7-18)8-12-9-17(4,5)22-11-12/h8,12H,6-7,9-11H2,1-5H3/b13-8+/t12-/m1/s1. The van der Waals surface area contributed by atoms with Crippen LogP contribution in [-0.2, 0) is 14.3 Å². The van der Waals surface area contributed by atoms with Crippen LogP contribution in [0.25, 0.3) is 0 Å². The topological polar surface area (TPSA) is 55.8 Å². The monoisotopic (exact) mass is 321 g/mol. The lowest BCUT2D eigenvalue weighted by Crippen LogP contribution is -2.43. The second-order valence-electron chi connectivity index (χ2n) is 8.75. The average Bonchev–Trinajstić information content (AvgIpc) is 2.96. The molecule has 0 N–H and O–H groups in total. The van der Waals surface area contributed by atoms with Crippen LogP contribution >= 0.6 is 0 Å². The minimum Gasteiger partial charge on any atom is -0.443 e. The first-order chi connectivity index (χ1) is 10.5. The Balaban J connectivity index is 1.77. The van der Waals surface area contributed by atoms with Crippen molar-refractivity contribution in [1.82, 2.24) is 4.90 Å². The Morgan fingerprint density at radius 2 is 2.00 bits per heavy atom. The highest BCUT2D eigenvalue weighted by Gasteiger charge is 2.60. The van der Waals surface area contributed by atoms with E-state index in [-0.39, 0.29) is 23.0 Å². The number of hydrogen-bond donors (Lipinski definition) is 0. The second kappa shape index (κ2) is 5.07. The van der Waals surface area contributed by atoms with Crippen molar-refractivity contribution in [1.29, 1.82) is 0 Å². The largest absolute Gasteiger partial charge is 0.443 e. The highest BCUT2D eigenvalue weighted by atomic mass is 16.6. The molecule has 1 spiro atoms. The summed E-state index contributed by atoms with van der Waals surface area (Å²) in [5, 5.41) is 0. The van der Waals surface area contributed by atoms with Gasteiger partial charge in [0.25, 0.3) is 5.91 Å². The zero-order valence-electron chi connectivity index (χ0n) is 14.8. The van der Waals surface area contributed by atoms with Crippen LogP contribution in [-0.4, -0.2) is 40.2 Å². The molecule has 3 fully saturated rings. The Morgan fingerprint density at radius 1 is 1.35 bits per heavy atom. The molecule has 0 aromatic rings. The first-order valence-corrected chi connectivity index (χ1v) is 8.44. The molecule has 0 aromatic heterocycles. The summed E-state index contributed by atoms with van der Waals surface area (Å²) >= 11 is 0. The van der Waals surface area contributed by atoms with Crippen molar-refractivity contribution in [3.63, 3.8) is 0 Å². The van der Waals surface area contributed by atoms with Gasteiger partial charge in [-0.05, 0) is 53.9 Å².